The van der Waals surface area contributed by atoms with E-state index < -0.39 is 0 Å². The molecule has 4 nitrogen and oxygen atoms in total. The average molecular weight is 309 g/mol. The number of hydrogen-bond donors (Lipinski definition) is 1. The van der Waals surface area contributed by atoms with Crippen LogP contribution in [0.4, 0.5) is 10.1 Å². The molecule has 0 aliphatic heterocycles. The monoisotopic (exact) mass is 309 g/mol. The van der Waals surface area contributed by atoms with Gasteiger partial charge in [0.2, 0.25) is 0 Å². The van der Waals surface area contributed by atoms with Crippen molar-refractivity contribution < 1.29 is 4.39 Å². The highest BCUT2D eigenvalue weighted by Gasteiger charge is 2.10. The Morgan fingerprint density at radius 1 is 1.04 bits per heavy atom. The fraction of sp³-hybridized carbons (Fsp3) is 0.111. The molecule has 5 heteroatoms. The van der Waals surface area contributed by atoms with Crippen LogP contribution in [0.25, 0.3) is 5.69 Å². The number of aromatic amines is 1. The van der Waals surface area contributed by atoms with Crippen LogP contribution in [0.2, 0.25) is 0 Å². The summed E-state index contributed by atoms with van der Waals surface area (Å²) in [7, 11) is 0. The van der Waals surface area contributed by atoms with Gasteiger partial charge in [0.25, 0.3) is 5.56 Å². The zero-order valence-electron chi connectivity index (χ0n) is 12.9. The highest BCUT2D eigenvalue weighted by atomic mass is 19.1. The van der Waals surface area contributed by atoms with Gasteiger partial charge in [0.1, 0.15) is 5.82 Å². The van der Waals surface area contributed by atoms with E-state index in [0.29, 0.717) is 11.3 Å². The highest BCUT2D eigenvalue weighted by Crippen LogP contribution is 2.13. The summed E-state index contributed by atoms with van der Waals surface area (Å²) >= 11 is 0. The molecule has 0 saturated carbocycles. The second kappa shape index (κ2) is 6.04. The summed E-state index contributed by atoms with van der Waals surface area (Å²) in [6.45, 7) is 3.81. The summed E-state index contributed by atoms with van der Waals surface area (Å²) in [5, 5.41) is 3.05. The van der Waals surface area contributed by atoms with Gasteiger partial charge in [0.05, 0.1) is 16.9 Å². The van der Waals surface area contributed by atoms with E-state index in [4.69, 9.17) is 0 Å². The van der Waals surface area contributed by atoms with E-state index in [0.717, 1.165) is 16.9 Å². The maximum Gasteiger partial charge on any atom is 0.280 e. The molecule has 0 amide bonds. The molecule has 2 aromatic carbocycles. The molecule has 0 atom stereocenters. The Balaban J connectivity index is 1.96. The van der Waals surface area contributed by atoms with Gasteiger partial charge in [-0.05, 0) is 50.2 Å². The fourth-order valence-electron chi connectivity index (χ4n) is 2.25. The van der Waals surface area contributed by atoms with Crippen molar-refractivity contribution in [2.24, 2.45) is 4.99 Å². The second-order valence-electron chi connectivity index (χ2n) is 5.36. The van der Waals surface area contributed by atoms with Crippen LogP contribution < -0.4 is 5.56 Å². The van der Waals surface area contributed by atoms with Crippen molar-refractivity contribution >= 4 is 11.9 Å². The molecule has 0 aliphatic rings. The predicted octanol–water partition coefficient (Wildman–Crippen LogP) is 3.67. The van der Waals surface area contributed by atoms with Crippen LogP contribution in [0.1, 0.15) is 16.8 Å². The number of H-pyrrole nitrogens is 1. The molecule has 1 aromatic heterocycles. The van der Waals surface area contributed by atoms with Gasteiger partial charge in [-0.25, -0.2) is 9.07 Å². The normalized spacial score (nSPS) is 11.3. The second-order valence-corrected chi connectivity index (χ2v) is 5.36. The zero-order valence-corrected chi connectivity index (χ0v) is 12.9. The number of halogens is 1. The summed E-state index contributed by atoms with van der Waals surface area (Å²) < 4.78 is 14.4. The molecule has 1 N–H and O–H groups in total. The highest BCUT2D eigenvalue weighted by molar-refractivity contribution is 5.83. The van der Waals surface area contributed by atoms with Gasteiger partial charge in [-0.3, -0.25) is 14.9 Å². The summed E-state index contributed by atoms with van der Waals surface area (Å²) in [6.07, 6.45) is 1.51. The fourth-order valence-corrected chi connectivity index (χ4v) is 2.25. The molecule has 0 saturated heterocycles. The van der Waals surface area contributed by atoms with Crippen molar-refractivity contribution in [3.63, 3.8) is 0 Å². The molecule has 116 valence electrons. The minimum atomic E-state index is -0.316. The Morgan fingerprint density at radius 2 is 1.70 bits per heavy atom. The number of aliphatic imine (C=N–C) groups is 1. The number of nitrogens with one attached hydrogen (secondary N) is 1. The first-order valence-electron chi connectivity index (χ1n) is 7.23. The average Bonchev–Trinajstić information content (AvgIpc) is 2.82. The Hall–Kier alpha value is -2.95. The maximum absolute atomic E-state index is 12.9. The Kier molecular flexibility index (Phi) is 3.93. The van der Waals surface area contributed by atoms with Gasteiger partial charge in [0, 0.05) is 11.9 Å². The Morgan fingerprint density at radius 3 is 2.35 bits per heavy atom. The smallest absolute Gasteiger partial charge is 0.280 e. The van der Waals surface area contributed by atoms with E-state index in [-0.39, 0.29) is 11.4 Å². The Labute approximate surface area is 132 Å². The van der Waals surface area contributed by atoms with Crippen LogP contribution >= 0.6 is 0 Å². The van der Waals surface area contributed by atoms with Crippen LogP contribution in [-0.2, 0) is 0 Å². The first kappa shape index (κ1) is 15.0. The quantitative estimate of drug-likeness (QED) is 0.737. The topological polar surface area (TPSA) is 50.1 Å². The molecule has 0 spiro atoms. The van der Waals surface area contributed by atoms with Crippen LogP contribution in [0.15, 0.2) is 58.3 Å². The van der Waals surface area contributed by atoms with Crippen molar-refractivity contribution in [3.05, 3.63) is 81.5 Å². The van der Waals surface area contributed by atoms with Crippen LogP contribution in [0, 0.1) is 19.7 Å². The standard InChI is InChI=1S/C18H16FN3O/c1-12-3-9-16(10-4-12)22-18(23)17(13(2)21-22)11-20-15-7-5-14(19)6-8-15/h3-11,21H,1-2H3. The molecule has 0 unspecified atom stereocenters. The Bertz CT molecular complexity index is 903. The number of nitrogens with zero attached hydrogens (tertiary/aromatic N) is 2. The molecule has 23 heavy (non-hydrogen) atoms. The largest absolute Gasteiger partial charge is 0.295 e. The van der Waals surface area contributed by atoms with E-state index in [9.17, 15) is 9.18 Å². The van der Waals surface area contributed by atoms with Gasteiger partial charge in [-0.2, -0.15) is 0 Å². The molecule has 0 aliphatic carbocycles. The number of aryl methyl sites for hydroxylation is 2. The third-order valence-corrected chi connectivity index (χ3v) is 3.58. The third-order valence-electron chi connectivity index (χ3n) is 3.58. The molecule has 3 aromatic rings. The summed E-state index contributed by atoms with van der Waals surface area (Å²) in [4.78, 5) is 16.8. The minimum Gasteiger partial charge on any atom is -0.295 e. The predicted molar refractivity (Wildman–Crippen MR) is 89.5 cm³/mol. The van der Waals surface area contributed by atoms with Crippen molar-refractivity contribution in [1.29, 1.82) is 0 Å². The lowest BCUT2D eigenvalue weighted by Gasteiger charge is -2.01. The number of benzene rings is 2. The lowest BCUT2D eigenvalue weighted by atomic mass is 10.2. The zero-order chi connectivity index (χ0) is 16.4. The SMILES string of the molecule is Cc1ccc(-n2[nH]c(C)c(C=Nc3ccc(F)cc3)c2=O)cc1. The van der Waals surface area contributed by atoms with Crippen LogP contribution in [-0.4, -0.2) is 16.0 Å². The van der Waals surface area contributed by atoms with Crippen molar-refractivity contribution in [1.82, 2.24) is 9.78 Å². The molecule has 0 fully saturated rings. The van der Waals surface area contributed by atoms with E-state index in [1.54, 1.807) is 12.1 Å². The first-order valence-corrected chi connectivity index (χ1v) is 7.23. The van der Waals surface area contributed by atoms with Crippen LogP contribution in [0.3, 0.4) is 0 Å². The van der Waals surface area contributed by atoms with Crippen molar-refractivity contribution in [2.75, 3.05) is 0 Å². The van der Waals surface area contributed by atoms with Gasteiger partial charge in [-0.1, -0.05) is 17.7 Å². The lowest BCUT2D eigenvalue weighted by Crippen LogP contribution is -2.17. The van der Waals surface area contributed by atoms with Gasteiger partial charge >= 0.3 is 0 Å². The van der Waals surface area contributed by atoms with Gasteiger partial charge in [-0.15, -0.1) is 0 Å². The molecule has 0 bridgehead atoms. The molecule has 3 rings (SSSR count). The molecule has 1 heterocycles. The summed E-state index contributed by atoms with van der Waals surface area (Å²) in [6, 6.07) is 13.5. The van der Waals surface area contributed by atoms with Crippen LogP contribution in [0.5, 0.6) is 0 Å². The van der Waals surface area contributed by atoms with Gasteiger partial charge < -0.3 is 0 Å². The summed E-state index contributed by atoms with van der Waals surface area (Å²) in [5.41, 5.74) is 3.52. The number of aromatic nitrogens is 2. The van der Waals surface area contributed by atoms with Gasteiger partial charge in [0.15, 0.2) is 0 Å². The number of rotatable bonds is 3. The molecular formula is C18H16FN3O. The number of hydrogen-bond acceptors (Lipinski definition) is 2. The maximum atomic E-state index is 12.9. The van der Waals surface area contributed by atoms with E-state index in [1.807, 2.05) is 38.1 Å². The van der Waals surface area contributed by atoms with E-state index >= 15 is 0 Å². The first-order chi connectivity index (χ1) is 11.0. The lowest BCUT2D eigenvalue weighted by molar-refractivity contribution is 0.628. The third kappa shape index (κ3) is 3.13. The van der Waals surface area contributed by atoms with Crippen molar-refractivity contribution in [2.45, 2.75) is 13.8 Å². The molecule has 0 radical (unpaired) electrons. The van der Waals surface area contributed by atoms with E-state index in [1.165, 1.54) is 23.0 Å². The summed E-state index contributed by atoms with van der Waals surface area (Å²) in [5.74, 6) is -0.316. The van der Waals surface area contributed by atoms with Crippen molar-refractivity contribution in [3.8, 4) is 5.69 Å². The van der Waals surface area contributed by atoms with E-state index in [2.05, 4.69) is 10.1 Å². The minimum absolute atomic E-state index is 0.169. The molecular weight excluding hydrogens is 293 g/mol.